The van der Waals surface area contributed by atoms with E-state index in [2.05, 4.69) is 9.82 Å². The maximum Gasteiger partial charge on any atom is 0.337 e. The van der Waals surface area contributed by atoms with Gasteiger partial charge in [-0.05, 0) is 88.1 Å². The largest absolute Gasteiger partial charge is 0.478 e. The summed E-state index contributed by atoms with van der Waals surface area (Å²) in [6.45, 7) is 11.2. The zero-order valence-corrected chi connectivity index (χ0v) is 21.3. The highest BCUT2D eigenvalue weighted by Gasteiger charge is 2.20. The Labute approximate surface area is 201 Å². The lowest BCUT2D eigenvalue weighted by Gasteiger charge is -2.22. The summed E-state index contributed by atoms with van der Waals surface area (Å²) in [6.07, 6.45) is 0.717. The maximum absolute atomic E-state index is 12.8. The third-order valence-corrected chi connectivity index (χ3v) is 7.59. The van der Waals surface area contributed by atoms with Crippen LogP contribution in [0.15, 0.2) is 41.3 Å². The Morgan fingerprint density at radius 2 is 1.79 bits per heavy atom. The molecule has 2 N–H and O–H groups in total. The molecule has 0 spiro atoms. The Balaban J connectivity index is 1.83. The van der Waals surface area contributed by atoms with Crippen molar-refractivity contribution in [3.8, 4) is 0 Å². The number of carboxylic acids is 1. The molecule has 0 amide bonds. The number of hydrogen-bond acceptors (Lipinski definition) is 5. The molecule has 0 atom stereocenters. The van der Waals surface area contributed by atoms with Gasteiger partial charge in [0.15, 0.2) is 0 Å². The van der Waals surface area contributed by atoms with Crippen LogP contribution in [0.3, 0.4) is 0 Å². The van der Waals surface area contributed by atoms with E-state index in [9.17, 15) is 18.3 Å². The fourth-order valence-corrected chi connectivity index (χ4v) is 5.14. The van der Waals surface area contributed by atoms with Gasteiger partial charge in [-0.2, -0.15) is 5.10 Å². The van der Waals surface area contributed by atoms with Gasteiger partial charge in [0, 0.05) is 31.5 Å². The predicted octanol–water partition coefficient (Wildman–Crippen LogP) is 4.31. The molecule has 9 heteroatoms. The van der Waals surface area contributed by atoms with Crippen molar-refractivity contribution in [3.05, 3.63) is 70.0 Å². The van der Waals surface area contributed by atoms with Crippen LogP contribution in [0.1, 0.15) is 45.4 Å². The molecule has 1 heterocycles. The molecule has 3 rings (SSSR count). The van der Waals surface area contributed by atoms with Crippen LogP contribution in [0, 0.1) is 27.7 Å². The Kier molecular flexibility index (Phi) is 7.35. The van der Waals surface area contributed by atoms with Crippen LogP contribution in [0.5, 0.6) is 0 Å². The third kappa shape index (κ3) is 5.25. The zero-order chi connectivity index (χ0) is 25.2. The third-order valence-electron chi connectivity index (χ3n) is 6.21. The molecule has 0 aliphatic carbocycles. The second-order valence-electron chi connectivity index (χ2n) is 8.53. The number of likely N-dealkylation sites (N-methyl/N-ethyl adjacent to an activating group) is 1. The summed E-state index contributed by atoms with van der Waals surface area (Å²) < 4.78 is 30.1. The zero-order valence-electron chi connectivity index (χ0n) is 20.5. The number of sulfonamides is 1. The number of hydrogen-bond donors (Lipinski definition) is 2. The van der Waals surface area contributed by atoms with Crippen molar-refractivity contribution in [3.63, 3.8) is 0 Å². The number of aromatic nitrogens is 2. The lowest BCUT2D eigenvalue weighted by Crippen LogP contribution is -2.23. The second-order valence-corrected chi connectivity index (χ2v) is 10.2. The molecule has 0 saturated carbocycles. The molecule has 0 aliphatic rings. The van der Waals surface area contributed by atoms with Crippen molar-refractivity contribution in [2.24, 2.45) is 0 Å². The molecule has 34 heavy (non-hydrogen) atoms. The van der Waals surface area contributed by atoms with E-state index in [-0.39, 0.29) is 16.1 Å². The Morgan fingerprint density at radius 3 is 2.38 bits per heavy atom. The predicted molar refractivity (Wildman–Crippen MR) is 134 cm³/mol. The van der Waals surface area contributed by atoms with Gasteiger partial charge in [0.1, 0.15) is 0 Å². The van der Waals surface area contributed by atoms with Crippen molar-refractivity contribution in [1.82, 2.24) is 9.78 Å². The van der Waals surface area contributed by atoms with Gasteiger partial charge in [-0.3, -0.25) is 9.40 Å². The average Bonchev–Trinajstić information content (AvgIpc) is 3.06. The highest BCUT2D eigenvalue weighted by Crippen LogP contribution is 2.27. The van der Waals surface area contributed by atoms with Gasteiger partial charge in [-0.15, -0.1) is 0 Å². The molecule has 0 unspecified atom stereocenters. The summed E-state index contributed by atoms with van der Waals surface area (Å²) in [4.78, 5) is 14.0. The molecular formula is C25H32N4O4S. The fraction of sp³-hybridized carbons (Fsp3) is 0.360. The van der Waals surface area contributed by atoms with Crippen LogP contribution in [0.25, 0.3) is 0 Å². The molecule has 2 aromatic carbocycles. The first-order valence-corrected chi connectivity index (χ1v) is 12.6. The van der Waals surface area contributed by atoms with Crippen LogP contribution >= 0.6 is 0 Å². The normalized spacial score (nSPS) is 11.5. The summed E-state index contributed by atoms with van der Waals surface area (Å²) in [5.74, 6) is -1.12. The van der Waals surface area contributed by atoms with Gasteiger partial charge in [-0.1, -0.05) is 6.07 Å². The van der Waals surface area contributed by atoms with Crippen molar-refractivity contribution in [2.75, 3.05) is 23.2 Å². The summed E-state index contributed by atoms with van der Waals surface area (Å²) in [5, 5.41) is 14.4. The van der Waals surface area contributed by atoms with Crippen molar-refractivity contribution >= 4 is 27.4 Å². The second kappa shape index (κ2) is 9.89. The van der Waals surface area contributed by atoms with Crippen LogP contribution < -0.4 is 9.62 Å². The Morgan fingerprint density at radius 1 is 1.09 bits per heavy atom. The minimum absolute atomic E-state index is 0.0282. The first kappa shape index (κ1) is 25.3. The van der Waals surface area contributed by atoms with Crippen LogP contribution in [-0.2, 0) is 23.0 Å². The summed E-state index contributed by atoms with van der Waals surface area (Å²) in [5.41, 5.74) is 5.84. The SMILES string of the molecule is CCn1nc(C)c(CCN(C)c2ccc(NS(=O)(=O)c3ccc(C)c(C)c3)cc2C(=O)O)c1C. The highest BCUT2D eigenvalue weighted by atomic mass is 32.2. The Bertz CT molecular complexity index is 1330. The lowest BCUT2D eigenvalue weighted by atomic mass is 10.1. The molecule has 0 saturated heterocycles. The number of aromatic carboxylic acids is 1. The number of benzene rings is 2. The monoisotopic (exact) mass is 484 g/mol. The van der Waals surface area contributed by atoms with Gasteiger partial charge < -0.3 is 10.0 Å². The molecule has 0 bridgehead atoms. The van der Waals surface area contributed by atoms with Gasteiger partial charge >= 0.3 is 5.97 Å². The number of nitrogens with one attached hydrogen (secondary N) is 1. The minimum Gasteiger partial charge on any atom is -0.478 e. The molecule has 0 radical (unpaired) electrons. The van der Waals surface area contributed by atoms with Crippen LogP contribution in [0.2, 0.25) is 0 Å². The lowest BCUT2D eigenvalue weighted by molar-refractivity contribution is 0.0697. The molecule has 3 aromatic rings. The van der Waals surface area contributed by atoms with E-state index < -0.39 is 16.0 Å². The number of nitrogens with zero attached hydrogens (tertiary/aromatic N) is 3. The fourth-order valence-electron chi connectivity index (χ4n) is 4.00. The van der Waals surface area contributed by atoms with Gasteiger partial charge in [0.05, 0.1) is 21.8 Å². The Hall–Kier alpha value is -3.33. The molecule has 1 aromatic heterocycles. The number of carboxylic acid groups (broad SMARTS) is 1. The first-order chi connectivity index (χ1) is 15.9. The average molecular weight is 485 g/mol. The van der Waals surface area contributed by atoms with E-state index in [1.807, 2.05) is 51.2 Å². The van der Waals surface area contributed by atoms with E-state index in [0.717, 1.165) is 34.6 Å². The van der Waals surface area contributed by atoms with E-state index in [0.29, 0.717) is 18.7 Å². The topological polar surface area (TPSA) is 105 Å². The molecule has 0 aliphatic heterocycles. The van der Waals surface area contributed by atoms with E-state index in [1.54, 1.807) is 24.3 Å². The first-order valence-electron chi connectivity index (χ1n) is 11.2. The van der Waals surface area contributed by atoms with Crippen LogP contribution in [-0.4, -0.2) is 42.9 Å². The number of aryl methyl sites for hydroxylation is 4. The standard InChI is InChI=1S/C25H32N4O4S/c1-7-29-19(5)22(18(4)26-29)12-13-28(6)24-11-9-20(15-23(24)25(30)31)27-34(32,33)21-10-8-16(2)17(3)14-21/h8-11,14-15,27H,7,12-13H2,1-6H3,(H,30,31). The van der Waals surface area contributed by atoms with Crippen LogP contribution in [0.4, 0.5) is 11.4 Å². The van der Waals surface area contributed by atoms with Gasteiger partial charge in [-0.25, -0.2) is 13.2 Å². The summed E-state index contributed by atoms with van der Waals surface area (Å²) in [6, 6.07) is 9.47. The smallest absolute Gasteiger partial charge is 0.337 e. The quantitative estimate of drug-likeness (QED) is 0.469. The maximum atomic E-state index is 12.8. The highest BCUT2D eigenvalue weighted by molar-refractivity contribution is 7.92. The number of rotatable bonds is 9. The molecule has 0 fully saturated rings. The number of anilines is 2. The minimum atomic E-state index is -3.85. The van der Waals surface area contributed by atoms with Crippen molar-refractivity contribution in [1.29, 1.82) is 0 Å². The molecular weight excluding hydrogens is 452 g/mol. The van der Waals surface area contributed by atoms with Crippen molar-refractivity contribution in [2.45, 2.75) is 52.5 Å². The van der Waals surface area contributed by atoms with E-state index in [1.165, 1.54) is 12.1 Å². The van der Waals surface area contributed by atoms with E-state index in [4.69, 9.17) is 0 Å². The number of carbonyl (C=O) groups is 1. The molecule has 182 valence electrons. The van der Waals surface area contributed by atoms with Gasteiger partial charge in [0.2, 0.25) is 0 Å². The van der Waals surface area contributed by atoms with Crippen molar-refractivity contribution < 1.29 is 18.3 Å². The molecule has 8 nitrogen and oxygen atoms in total. The summed E-state index contributed by atoms with van der Waals surface area (Å²) in [7, 11) is -2.02. The summed E-state index contributed by atoms with van der Waals surface area (Å²) >= 11 is 0. The van der Waals surface area contributed by atoms with E-state index >= 15 is 0 Å². The van der Waals surface area contributed by atoms with Gasteiger partial charge in [0.25, 0.3) is 10.0 Å².